The van der Waals surface area contributed by atoms with E-state index in [9.17, 15) is 14.0 Å². The minimum atomic E-state index is -0.360. The smallest absolute Gasteiger partial charge is 0.240 e. The van der Waals surface area contributed by atoms with Gasteiger partial charge in [-0.1, -0.05) is 6.07 Å². The minimum Gasteiger partial charge on any atom is -0.326 e. The van der Waals surface area contributed by atoms with E-state index in [0.29, 0.717) is 17.7 Å². The van der Waals surface area contributed by atoms with Crippen molar-refractivity contribution in [3.63, 3.8) is 0 Å². The Morgan fingerprint density at radius 1 is 1.17 bits per heavy atom. The van der Waals surface area contributed by atoms with Gasteiger partial charge in [-0.2, -0.15) is 0 Å². The summed E-state index contributed by atoms with van der Waals surface area (Å²) in [6, 6.07) is 4.54. The highest BCUT2D eigenvalue weighted by Gasteiger charge is 2.22. The number of nitrogens with one attached hydrogen (secondary N) is 1. The van der Waals surface area contributed by atoms with Gasteiger partial charge >= 0.3 is 0 Å². The predicted octanol–water partition coefficient (Wildman–Crippen LogP) is -0.257. The zero-order valence-corrected chi connectivity index (χ0v) is 9.78. The van der Waals surface area contributed by atoms with Crippen LogP contribution in [-0.2, 0) is 22.7 Å². The Morgan fingerprint density at radius 3 is 2.39 bits per heavy atom. The first kappa shape index (κ1) is 12.7. The van der Waals surface area contributed by atoms with Crippen LogP contribution >= 0.6 is 0 Å². The van der Waals surface area contributed by atoms with Crippen LogP contribution in [0.4, 0.5) is 4.39 Å². The second-order valence-corrected chi connectivity index (χ2v) is 4.29. The first-order valence-corrected chi connectivity index (χ1v) is 5.60. The molecular weight excluding hydrogens is 237 g/mol. The standard InChI is InChI=1S/C12H14FN3O2/c13-10-2-8(4-14)1-9(3-10)5-16-6-11(17)15-12(18)7-16/h1-3H,4-7,14H2,(H,15,17,18). The number of amides is 2. The number of nitrogens with two attached hydrogens (primary N) is 1. The number of hydrogen-bond acceptors (Lipinski definition) is 4. The second kappa shape index (κ2) is 5.24. The molecule has 0 aliphatic carbocycles. The van der Waals surface area contributed by atoms with Gasteiger partial charge in [0.1, 0.15) is 5.82 Å². The Bertz CT molecular complexity index is 474. The van der Waals surface area contributed by atoms with E-state index in [1.165, 1.54) is 12.1 Å². The van der Waals surface area contributed by atoms with Gasteiger partial charge in [-0.15, -0.1) is 0 Å². The number of nitrogens with zero attached hydrogens (tertiary/aromatic N) is 1. The Morgan fingerprint density at radius 2 is 1.78 bits per heavy atom. The summed E-state index contributed by atoms with van der Waals surface area (Å²) in [5.41, 5.74) is 6.87. The summed E-state index contributed by atoms with van der Waals surface area (Å²) in [5.74, 6) is -1.02. The van der Waals surface area contributed by atoms with E-state index in [4.69, 9.17) is 5.73 Å². The molecule has 0 spiro atoms. The van der Waals surface area contributed by atoms with Gasteiger partial charge in [0, 0.05) is 13.1 Å². The number of piperazine rings is 1. The van der Waals surface area contributed by atoms with Crippen LogP contribution in [0.3, 0.4) is 0 Å². The van der Waals surface area contributed by atoms with E-state index < -0.39 is 0 Å². The van der Waals surface area contributed by atoms with Gasteiger partial charge < -0.3 is 5.73 Å². The number of rotatable bonds is 3. The molecule has 6 heteroatoms. The summed E-state index contributed by atoms with van der Waals surface area (Å²) in [6.07, 6.45) is 0. The van der Waals surface area contributed by atoms with Gasteiger partial charge in [-0.3, -0.25) is 19.8 Å². The lowest BCUT2D eigenvalue weighted by atomic mass is 10.1. The lowest BCUT2D eigenvalue weighted by Crippen LogP contribution is -2.50. The normalized spacial score (nSPS) is 16.8. The molecule has 0 atom stereocenters. The highest BCUT2D eigenvalue weighted by molar-refractivity contribution is 5.99. The van der Waals surface area contributed by atoms with Crippen LogP contribution in [0.25, 0.3) is 0 Å². The maximum absolute atomic E-state index is 13.3. The van der Waals surface area contributed by atoms with Crippen molar-refractivity contribution in [2.45, 2.75) is 13.1 Å². The molecule has 5 nitrogen and oxygen atoms in total. The highest BCUT2D eigenvalue weighted by atomic mass is 19.1. The molecule has 1 aromatic rings. The maximum atomic E-state index is 13.3. The Labute approximate surface area is 104 Å². The molecule has 0 bridgehead atoms. The SMILES string of the molecule is NCc1cc(F)cc(CN2CC(=O)NC(=O)C2)c1. The van der Waals surface area contributed by atoms with Crippen LogP contribution in [0.1, 0.15) is 11.1 Å². The fourth-order valence-corrected chi connectivity index (χ4v) is 1.99. The third-order valence-corrected chi connectivity index (χ3v) is 2.67. The fourth-order valence-electron chi connectivity index (χ4n) is 1.99. The quantitative estimate of drug-likeness (QED) is 0.726. The molecule has 1 fully saturated rings. The fraction of sp³-hybridized carbons (Fsp3) is 0.333. The first-order valence-electron chi connectivity index (χ1n) is 5.60. The van der Waals surface area contributed by atoms with Gasteiger partial charge in [0.15, 0.2) is 0 Å². The van der Waals surface area contributed by atoms with Crippen LogP contribution in [0.15, 0.2) is 18.2 Å². The van der Waals surface area contributed by atoms with E-state index in [0.717, 1.165) is 0 Å². The second-order valence-electron chi connectivity index (χ2n) is 4.29. The number of imide groups is 1. The van der Waals surface area contributed by atoms with Crippen molar-refractivity contribution in [2.75, 3.05) is 13.1 Å². The number of halogens is 1. The van der Waals surface area contributed by atoms with E-state index in [1.807, 2.05) is 0 Å². The van der Waals surface area contributed by atoms with Crippen LogP contribution in [0, 0.1) is 5.82 Å². The third-order valence-electron chi connectivity index (χ3n) is 2.67. The lowest BCUT2D eigenvalue weighted by Gasteiger charge is -2.25. The summed E-state index contributed by atoms with van der Waals surface area (Å²) >= 11 is 0. The molecule has 0 radical (unpaired) electrons. The average Bonchev–Trinajstić information content (AvgIpc) is 2.26. The molecule has 1 aliphatic rings. The average molecular weight is 251 g/mol. The van der Waals surface area contributed by atoms with Crippen molar-refractivity contribution < 1.29 is 14.0 Å². The molecule has 1 aliphatic heterocycles. The lowest BCUT2D eigenvalue weighted by molar-refractivity contribution is -0.136. The van der Waals surface area contributed by atoms with Crippen LogP contribution in [-0.4, -0.2) is 29.8 Å². The summed E-state index contributed by atoms with van der Waals surface area (Å²) in [7, 11) is 0. The van der Waals surface area contributed by atoms with Crippen molar-refractivity contribution in [1.82, 2.24) is 10.2 Å². The third kappa shape index (κ3) is 3.12. The van der Waals surface area contributed by atoms with Gasteiger partial charge in [0.2, 0.25) is 11.8 Å². The summed E-state index contributed by atoms with van der Waals surface area (Å²) in [5, 5.41) is 2.22. The minimum absolute atomic E-state index is 0.139. The van der Waals surface area contributed by atoms with Gasteiger partial charge in [-0.25, -0.2) is 4.39 Å². The Balaban J connectivity index is 2.11. The summed E-state index contributed by atoms with van der Waals surface area (Å²) in [4.78, 5) is 24.1. The van der Waals surface area contributed by atoms with Crippen molar-refractivity contribution >= 4 is 11.8 Å². The molecule has 1 aromatic carbocycles. The molecule has 0 aromatic heterocycles. The number of benzene rings is 1. The molecule has 0 saturated carbocycles. The Kier molecular flexibility index (Phi) is 3.69. The van der Waals surface area contributed by atoms with Crippen molar-refractivity contribution in [3.05, 3.63) is 35.1 Å². The summed E-state index contributed by atoms with van der Waals surface area (Å²) < 4.78 is 13.3. The van der Waals surface area contributed by atoms with E-state index >= 15 is 0 Å². The maximum Gasteiger partial charge on any atom is 0.240 e. The van der Waals surface area contributed by atoms with Gasteiger partial charge in [0.25, 0.3) is 0 Å². The molecule has 0 unspecified atom stereocenters. The molecule has 2 rings (SSSR count). The topological polar surface area (TPSA) is 75.4 Å². The molecular formula is C12H14FN3O2. The van der Waals surface area contributed by atoms with E-state index in [1.54, 1.807) is 11.0 Å². The number of carbonyl (C=O) groups excluding carboxylic acids is 2. The molecule has 2 amide bonds. The number of hydrogen-bond donors (Lipinski definition) is 2. The molecule has 18 heavy (non-hydrogen) atoms. The largest absolute Gasteiger partial charge is 0.326 e. The van der Waals surface area contributed by atoms with E-state index in [-0.39, 0.29) is 37.3 Å². The monoisotopic (exact) mass is 251 g/mol. The van der Waals surface area contributed by atoms with Crippen LogP contribution in [0.2, 0.25) is 0 Å². The van der Waals surface area contributed by atoms with Gasteiger partial charge in [0.05, 0.1) is 13.1 Å². The Hall–Kier alpha value is -1.79. The van der Waals surface area contributed by atoms with Crippen molar-refractivity contribution in [2.24, 2.45) is 5.73 Å². The predicted molar refractivity (Wildman–Crippen MR) is 62.7 cm³/mol. The van der Waals surface area contributed by atoms with E-state index in [2.05, 4.69) is 5.32 Å². The first-order chi connectivity index (χ1) is 8.56. The van der Waals surface area contributed by atoms with Crippen molar-refractivity contribution in [1.29, 1.82) is 0 Å². The molecule has 1 heterocycles. The zero-order chi connectivity index (χ0) is 13.1. The van der Waals surface area contributed by atoms with Gasteiger partial charge in [-0.05, 0) is 23.3 Å². The molecule has 96 valence electrons. The number of carbonyl (C=O) groups is 2. The van der Waals surface area contributed by atoms with Crippen molar-refractivity contribution in [3.8, 4) is 0 Å². The molecule has 1 saturated heterocycles. The van der Waals surface area contributed by atoms with Crippen LogP contribution < -0.4 is 11.1 Å². The highest BCUT2D eigenvalue weighted by Crippen LogP contribution is 2.12. The molecule has 3 N–H and O–H groups in total. The van der Waals surface area contributed by atoms with Crippen LogP contribution in [0.5, 0.6) is 0 Å². The summed E-state index contributed by atoms with van der Waals surface area (Å²) in [6.45, 7) is 0.883. The zero-order valence-electron chi connectivity index (χ0n) is 9.78.